The predicted octanol–water partition coefficient (Wildman–Crippen LogP) is 2.64. The fourth-order valence-corrected chi connectivity index (χ4v) is 2.74. The summed E-state index contributed by atoms with van der Waals surface area (Å²) in [6.07, 6.45) is 2.58. The molecule has 0 radical (unpaired) electrons. The Kier molecular flexibility index (Phi) is 6.51. The van der Waals surface area contributed by atoms with Gasteiger partial charge >= 0.3 is 0 Å². The molecule has 0 N–H and O–H groups in total. The molecule has 21 heavy (non-hydrogen) atoms. The van der Waals surface area contributed by atoms with E-state index in [4.69, 9.17) is 9.47 Å². The van der Waals surface area contributed by atoms with Crippen LogP contribution in [-0.2, 0) is 16.0 Å². The van der Waals surface area contributed by atoms with Crippen molar-refractivity contribution in [3.8, 4) is 5.75 Å². The second-order valence-electron chi connectivity index (χ2n) is 5.17. The molecule has 0 spiro atoms. The van der Waals surface area contributed by atoms with E-state index in [1.165, 1.54) is 0 Å². The van der Waals surface area contributed by atoms with Gasteiger partial charge in [0.2, 0.25) is 5.91 Å². The third-order valence-electron chi connectivity index (χ3n) is 3.71. The van der Waals surface area contributed by atoms with Crippen LogP contribution in [0.4, 0.5) is 0 Å². The summed E-state index contributed by atoms with van der Waals surface area (Å²) >= 11 is 3.36. The summed E-state index contributed by atoms with van der Waals surface area (Å²) in [5.74, 6) is 0.976. The number of hydrogen-bond donors (Lipinski definition) is 0. The van der Waals surface area contributed by atoms with Gasteiger partial charge in [0.05, 0.1) is 26.2 Å². The molecule has 116 valence electrons. The Balaban J connectivity index is 1.81. The topological polar surface area (TPSA) is 38.8 Å². The number of amides is 1. The van der Waals surface area contributed by atoms with Crippen molar-refractivity contribution in [2.45, 2.75) is 25.4 Å². The van der Waals surface area contributed by atoms with E-state index in [1.54, 1.807) is 7.11 Å². The molecule has 1 heterocycles. The Morgan fingerprint density at radius 2 is 2.14 bits per heavy atom. The summed E-state index contributed by atoms with van der Waals surface area (Å²) in [6, 6.07) is 7.69. The average Bonchev–Trinajstić information content (AvgIpc) is 2.53. The molecule has 1 aliphatic heterocycles. The van der Waals surface area contributed by atoms with Crippen molar-refractivity contribution in [3.63, 3.8) is 0 Å². The minimum atomic E-state index is 0.183. The van der Waals surface area contributed by atoms with Gasteiger partial charge in [0.1, 0.15) is 5.75 Å². The van der Waals surface area contributed by atoms with Crippen LogP contribution in [0.5, 0.6) is 5.75 Å². The third-order valence-corrected chi connectivity index (χ3v) is 4.04. The quantitative estimate of drug-likeness (QED) is 0.736. The Labute approximate surface area is 134 Å². The van der Waals surface area contributed by atoms with Gasteiger partial charge in [0.25, 0.3) is 0 Å². The maximum atomic E-state index is 12.3. The van der Waals surface area contributed by atoms with E-state index in [-0.39, 0.29) is 5.91 Å². The van der Waals surface area contributed by atoms with Crippen LogP contribution >= 0.6 is 15.9 Å². The maximum absolute atomic E-state index is 12.3. The van der Waals surface area contributed by atoms with Crippen molar-refractivity contribution in [1.29, 1.82) is 0 Å². The van der Waals surface area contributed by atoms with E-state index in [9.17, 15) is 4.79 Å². The number of piperidine rings is 1. The lowest BCUT2D eigenvalue weighted by Gasteiger charge is -2.32. The molecule has 0 aliphatic carbocycles. The Morgan fingerprint density at radius 3 is 2.81 bits per heavy atom. The standard InChI is InChI=1S/C16H22BrNO3/c1-20-15-4-2-3-13(11-15)12-16(19)18-8-5-14(6-9-18)21-10-7-17/h2-4,11,14H,5-10,12H2,1H3. The van der Waals surface area contributed by atoms with Crippen molar-refractivity contribution in [3.05, 3.63) is 29.8 Å². The minimum absolute atomic E-state index is 0.183. The molecule has 1 amide bonds. The number of alkyl halides is 1. The highest BCUT2D eigenvalue weighted by Crippen LogP contribution is 2.17. The van der Waals surface area contributed by atoms with Gasteiger partial charge in [-0.2, -0.15) is 0 Å². The molecular weight excluding hydrogens is 334 g/mol. The lowest BCUT2D eigenvalue weighted by Crippen LogP contribution is -2.41. The van der Waals surface area contributed by atoms with E-state index in [0.29, 0.717) is 12.5 Å². The summed E-state index contributed by atoms with van der Waals surface area (Å²) in [4.78, 5) is 14.3. The number of rotatable bonds is 6. The fraction of sp³-hybridized carbons (Fsp3) is 0.562. The Hall–Kier alpha value is -1.07. The van der Waals surface area contributed by atoms with E-state index >= 15 is 0 Å². The normalized spacial score (nSPS) is 16.0. The average molecular weight is 356 g/mol. The number of benzene rings is 1. The van der Waals surface area contributed by atoms with Crippen LogP contribution < -0.4 is 4.74 Å². The number of halogens is 1. The van der Waals surface area contributed by atoms with Crippen LogP contribution in [0, 0.1) is 0 Å². The smallest absolute Gasteiger partial charge is 0.226 e. The summed E-state index contributed by atoms with van der Waals surface area (Å²) in [5.41, 5.74) is 0.997. The van der Waals surface area contributed by atoms with E-state index in [0.717, 1.165) is 49.2 Å². The molecule has 0 bridgehead atoms. The highest BCUT2D eigenvalue weighted by Gasteiger charge is 2.23. The highest BCUT2D eigenvalue weighted by molar-refractivity contribution is 9.09. The maximum Gasteiger partial charge on any atom is 0.226 e. The molecule has 2 rings (SSSR count). The van der Waals surface area contributed by atoms with Gasteiger partial charge in [-0.1, -0.05) is 28.1 Å². The van der Waals surface area contributed by atoms with Gasteiger partial charge in [-0.05, 0) is 30.5 Å². The molecule has 0 saturated carbocycles. The van der Waals surface area contributed by atoms with Gasteiger partial charge in [-0.25, -0.2) is 0 Å². The van der Waals surface area contributed by atoms with Crippen LogP contribution in [0.25, 0.3) is 0 Å². The first-order valence-corrected chi connectivity index (χ1v) is 8.43. The fourth-order valence-electron chi connectivity index (χ4n) is 2.55. The molecule has 4 nitrogen and oxygen atoms in total. The Morgan fingerprint density at radius 1 is 1.38 bits per heavy atom. The van der Waals surface area contributed by atoms with Gasteiger partial charge in [0.15, 0.2) is 0 Å². The molecule has 5 heteroatoms. The zero-order chi connectivity index (χ0) is 15.1. The first kappa shape index (κ1) is 16.3. The van der Waals surface area contributed by atoms with Gasteiger partial charge < -0.3 is 14.4 Å². The van der Waals surface area contributed by atoms with Crippen molar-refractivity contribution >= 4 is 21.8 Å². The number of methoxy groups -OCH3 is 1. The SMILES string of the molecule is COc1cccc(CC(=O)N2CCC(OCCBr)CC2)c1. The minimum Gasteiger partial charge on any atom is -0.497 e. The van der Waals surface area contributed by atoms with Crippen molar-refractivity contribution in [2.24, 2.45) is 0 Å². The molecule has 0 atom stereocenters. The number of ether oxygens (including phenoxy) is 2. The third kappa shape index (κ3) is 5.00. The second kappa shape index (κ2) is 8.39. The molecule has 1 saturated heterocycles. The van der Waals surface area contributed by atoms with Crippen LogP contribution in [-0.4, -0.2) is 49.0 Å². The summed E-state index contributed by atoms with van der Waals surface area (Å²) < 4.78 is 10.9. The zero-order valence-electron chi connectivity index (χ0n) is 12.4. The van der Waals surface area contributed by atoms with E-state index in [1.807, 2.05) is 29.2 Å². The van der Waals surface area contributed by atoms with Gasteiger partial charge in [0, 0.05) is 18.4 Å². The second-order valence-corrected chi connectivity index (χ2v) is 5.96. The molecule has 1 aromatic rings. The van der Waals surface area contributed by atoms with E-state index in [2.05, 4.69) is 15.9 Å². The number of nitrogens with zero attached hydrogens (tertiary/aromatic N) is 1. The summed E-state index contributed by atoms with van der Waals surface area (Å²) in [5, 5.41) is 0.863. The number of carbonyl (C=O) groups is 1. The van der Waals surface area contributed by atoms with Crippen LogP contribution in [0.2, 0.25) is 0 Å². The number of likely N-dealkylation sites (tertiary alicyclic amines) is 1. The van der Waals surface area contributed by atoms with Crippen LogP contribution in [0.1, 0.15) is 18.4 Å². The van der Waals surface area contributed by atoms with Gasteiger partial charge in [-0.15, -0.1) is 0 Å². The van der Waals surface area contributed by atoms with Crippen LogP contribution in [0.15, 0.2) is 24.3 Å². The lowest BCUT2D eigenvalue weighted by molar-refractivity contribution is -0.133. The lowest BCUT2D eigenvalue weighted by atomic mass is 10.1. The van der Waals surface area contributed by atoms with Gasteiger partial charge in [-0.3, -0.25) is 4.79 Å². The predicted molar refractivity (Wildman–Crippen MR) is 86.0 cm³/mol. The molecule has 1 aromatic carbocycles. The van der Waals surface area contributed by atoms with E-state index < -0.39 is 0 Å². The summed E-state index contributed by atoms with van der Waals surface area (Å²) in [6.45, 7) is 2.31. The molecule has 0 unspecified atom stereocenters. The summed E-state index contributed by atoms with van der Waals surface area (Å²) in [7, 11) is 1.64. The largest absolute Gasteiger partial charge is 0.497 e. The first-order valence-electron chi connectivity index (χ1n) is 7.31. The molecule has 0 aromatic heterocycles. The molecule has 1 aliphatic rings. The molecule has 1 fully saturated rings. The van der Waals surface area contributed by atoms with Crippen molar-refractivity contribution in [1.82, 2.24) is 4.90 Å². The Bertz CT molecular complexity index is 459. The highest BCUT2D eigenvalue weighted by atomic mass is 79.9. The monoisotopic (exact) mass is 355 g/mol. The number of carbonyl (C=O) groups excluding carboxylic acids is 1. The number of hydrogen-bond acceptors (Lipinski definition) is 3. The van der Waals surface area contributed by atoms with Crippen molar-refractivity contribution in [2.75, 3.05) is 32.1 Å². The van der Waals surface area contributed by atoms with Crippen LogP contribution in [0.3, 0.4) is 0 Å². The van der Waals surface area contributed by atoms with Crippen molar-refractivity contribution < 1.29 is 14.3 Å². The molecular formula is C16H22BrNO3. The first-order chi connectivity index (χ1) is 10.2. The zero-order valence-corrected chi connectivity index (χ0v) is 14.0.